The van der Waals surface area contributed by atoms with Gasteiger partial charge in [-0.05, 0) is 31.9 Å². The second-order valence-electron chi connectivity index (χ2n) is 3.87. The Balaban J connectivity index is 2.77. The second-order valence-corrected chi connectivity index (χ2v) is 5.07. The molecule has 0 saturated heterocycles. The fraction of sp³-hybridized carbons (Fsp3) is 0.615. The van der Waals surface area contributed by atoms with Crippen molar-refractivity contribution in [3.8, 4) is 0 Å². The summed E-state index contributed by atoms with van der Waals surface area (Å²) in [5.74, 6) is -0.771. The number of carbonyl (C=O) groups is 1. The van der Waals surface area contributed by atoms with Gasteiger partial charge < -0.3 is 9.84 Å². The molecule has 1 N–H and O–H groups in total. The van der Waals surface area contributed by atoms with Gasteiger partial charge in [-0.1, -0.05) is 13.8 Å². The summed E-state index contributed by atoms with van der Waals surface area (Å²) in [6, 6.07) is 3.90. The number of rotatable bonds is 6. The largest absolute Gasteiger partial charge is 0.466 e. The van der Waals surface area contributed by atoms with Crippen LogP contribution < -0.4 is 0 Å². The number of carbonyl (C=O) groups excluding carboxylic acids is 1. The first-order valence-electron chi connectivity index (χ1n) is 6.07. The lowest BCUT2D eigenvalue weighted by Crippen LogP contribution is -2.23. The number of thiophene rings is 1. The third kappa shape index (κ3) is 3.54. The van der Waals surface area contributed by atoms with E-state index in [1.807, 2.05) is 19.1 Å². The Morgan fingerprint density at radius 2 is 2.12 bits per heavy atom. The molecular formula is C13H20O3S. The minimum absolute atomic E-state index is 0.311. The molecule has 1 aromatic heterocycles. The smallest absolute Gasteiger partial charge is 0.311 e. The van der Waals surface area contributed by atoms with Crippen molar-refractivity contribution in [3.05, 3.63) is 21.9 Å². The van der Waals surface area contributed by atoms with Gasteiger partial charge >= 0.3 is 5.97 Å². The zero-order valence-electron chi connectivity index (χ0n) is 10.6. The maximum absolute atomic E-state index is 11.7. The molecule has 2 atom stereocenters. The van der Waals surface area contributed by atoms with Crippen LogP contribution in [0.3, 0.4) is 0 Å². The molecule has 96 valence electrons. The highest BCUT2D eigenvalue weighted by Crippen LogP contribution is 2.31. The van der Waals surface area contributed by atoms with E-state index in [4.69, 9.17) is 4.74 Å². The lowest BCUT2D eigenvalue weighted by Gasteiger charge is -2.18. The molecule has 3 nitrogen and oxygen atoms in total. The summed E-state index contributed by atoms with van der Waals surface area (Å²) >= 11 is 1.56. The van der Waals surface area contributed by atoms with Crippen LogP contribution >= 0.6 is 11.3 Å². The van der Waals surface area contributed by atoms with Crippen molar-refractivity contribution in [3.63, 3.8) is 0 Å². The molecule has 0 aromatic carbocycles. The van der Waals surface area contributed by atoms with Crippen molar-refractivity contribution in [2.24, 2.45) is 5.92 Å². The van der Waals surface area contributed by atoms with Gasteiger partial charge in [0.05, 0.1) is 12.5 Å². The third-order valence-electron chi connectivity index (χ3n) is 2.73. The summed E-state index contributed by atoms with van der Waals surface area (Å²) < 4.78 is 4.98. The molecule has 0 aliphatic rings. The third-order valence-corrected chi connectivity index (χ3v) is 4.03. The maximum Gasteiger partial charge on any atom is 0.311 e. The first-order chi connectivity index (χ1) is 8.13. The molecule has 1 rings (SSSR count). The van der Waals surface area contributed by atoms with Gasteiger partial charge in [0, 0.05) is 9.75 Å². The van der Waals surface area contributed by atoms with Crippen LogP contribution in [-0.4, -0.2) is 17.7 Å². The van der Waals surface area contributed by atoms with E-state index in [2.05, 4.69) is 6.92 Å². The zero-order valence-corrected chi connectivity index (χ0v) is 11.4. The van der Waals surface area contributed by atoms with E-state index in [1.165, 1.54) is 4.88 Å². The molecule has 17 heavy (non-hydrogen) atoms. The summed E-state index contributed by atoms with van der Waals surface area (Å²) in [5, 5.41) is 10.2. The number of ether oxygens (including phenoxy) is 1. The number of hydrogen-bond donors (Lipinski definition) is 1. The fourth-order valence-electron chi connectivity index (χ4n) is 1.71. The van der Waals surface area contributed by atoms with Crippen LogP contribution in [0.25, 0.3) is 0 Å². The van der Waals surface area contributed by atoms with Crippen LogP contribution in [0.1, 0.15) is 43.1 Å². The fourth-order valence-corrected chi connectivity index (χ4v) is 2.71. The molecule has 4 heteroatoms. The Kier molecular flexibility index (Phi) is 5.65. The van der Waals surface area contributed by atoms with E-state index >= 15 is 0 Å². The Morgan fingerprint density at radius 3 is 2.59 bits per heavy atom. The van der Waals surface area contributed by atoms with Crippen molar-refractivity contribution in [2.45, 2.75) is 39.7 Å². The Bertz CT molecular complexity index is 359. The topological polar surface area (TPSA) is 46.5 Å². The van der Waals surface area contributed by atoms with Crippen LogP contribution in [0.4, 0.5) is 0 Å². The van der Waals surface area contributed by atoms with Crippen molar-refractivity contribution < 1.29 is 14.6 Å². The first kappa shape index (κ1) is 14.2. The first-order valence-corrected chi connectivity index (χ1v) is 6.88. The number of esters is 1. The summed E-state index contributed by atoms with van der Waals surface area (Å²) in [6.45, 7) is 6.09. The summed E-state index contributed by atoms with van der Waals surface area (Å²) in [4.78, 5) is 13.8. The van der Waals surface area contributed by atoms with Gasteiger partial charge in [-0.15, -0.1) is 11.3 Å². The van der Waals surface area contributed by atoms with E-state index in [-0.39, 0.29) is 5.97 Å². The minimum atomic E-state index is -0.746. The monoisotopic (exact) mass is 256 g/mol. The molecule has 0 spiro atoms. The number of aryl methyl sites for hydroxylation is 1. The molecule has 0 saturated carbocycles. The number of aliphatic hydroxyl groups is 1. The number of aliphatic hydroxyl groups excluding tert-OH is 1. The summed E-state index contributed by atoms with van der Waals surface area (Å²) in [7, 11) is 0. The molecule has 0 aliphatic carbocycles. The van der Waals surface area contributed by atoms with E-state index < -0.39 is 12.0 Å². The highest BCUT2D eigenvalue weighted by Gasteiger charge is 2.28. The van der Waals surface area contributed by atoms with E-state index in [0.717, 1.165) is 11.3 Å². The SMILES string of the molecule is CCOC(=O)C(CC)C(O)c1ccc(CC)s1. The van der Waals surface area contributed by atoms with Gasteiger partial charge in [-0.25, -0.2) is 0 Å². The lowest BCUT2D eigenvalue weighted by molar-refractivity contribution is -0.152. The standard InChI is InChI=1S/C13H20O3S/c1-4-9-7-8-11(17-9)12(14)10(5-2)13(15)16-6-3/h7-8,10,12,14H,4-6H2,1-3H3. The summed E-state index contributed by atoms with van der Waals surface area (Å²) in [6.07, 6.45) is 0.789. The molecule has 1 heterocycles. The molecule has 0 bridgehead atoms. The Labute approximate surface area is 106 Å². The molecule has 1 aromatic rings. The van der Waals surface area contributed by atoms with Crippen molar-refractivity contribution in [2.75, 3.05) is 6.61 Å². The average molecular weight is 256 g/mol. The molecule has 0 fully saturated rings. The van der Waals surface area contributed by atoms with Crippen molar-refractivity contribution in [1.82, 2.24) is 0 Å². The van der Waals surface area contributed by atoms with Gasteiger partial charge in [-0.2, -0.15) is 0 Å². The Morgan fingerprint density at radius 1 is 1.41 bits per heavy atom. The second kappa shape index (κ2) is 6.77. The van der Waals surface area contributed by atoms with Crippen LogP contribution in [0, 0.1) is 5.92 Å². The summed E-state index contributed by atoms with van der Waals surface area (Å²) in [5.41, 5.74) is 0. The maximum atomic E-state index is 11.7. The highest BCUT2D eigenvalue weighted by atomic mass is 32.1. The van der Waals surface area contributed by atoms with E-state index in [0.29, 0.717) is 13.0 Å². The number of hydrogen-bond acceptors (Lipinski definition) is 4. The quantitative estimate of drug-likeness (QED) is 0.796. The van der Waals surface area contributed by atoms with Gasteiger partial charge in [0.25, 0.3) is 0 Å². The van der Waals surface area contributed by atoms with Crippen LogP contribution in [0.5, 0.6) is 0 Å². The molecule has 0 aliphatic heterocycles. The predicted molar refractivity (Wildman–Crippen MR) is 69.1 cm³/mol. The molecule has 0 amide bonds. The highest BCUT2D eigenvalue weighted by molar-refractivity contribution is 7.12. The average Bonchev–Trinajstić information content (AvgIpc) is 2.78. The van der Waals surface area contributed by atoms with Crippen LogP contribution in [-0.2, 0) is 16.0 Å². The minimum Gasteiger partial charge on any atom is -0.466 e. The van der Waals surface area contributed by atoms with E-state index in [1.54, 1.807) is 18.3 Å². The van der Waals surface area contributed by atoms with Crippen LogP contribution in [0.2, 0.25) is 0 Å². The van der Waals surface area contributed by atoms with E-state index in [9.17, 15) is 9.90 Å². The lowest BCUT2D eigenvalue weighted by atomic mass is 9.98. The van der Waals surface area contributed by atoms with Gasteiger partial charge in [0.2, 0.25) is 0 Å². The van der Waals surface area contributed by atoms with Gasteiger partial charge in [-0.3, -0.25) is 4.79 Å². The zero-order chi connectivity index (χ0) is 12.8. The molecule has 0 radical (unpaired) electrons. The normalized spacial score (nSPS) is 14.4. The molecule has 2 unspecified atom stereocenters. The Hall–Kier alpha value is -0.870. The van der Waals surface area contributed by atoms with Crippen molar-refractivity contribution >= 4 is 17.3 Å². The van der Waals surface area contributed by atoms with Gasteiger partial charge in [0.15, 0.2) is 0 Å². The predicted octanol–water partition coefficient (Wildman–Crippen LogP) is 2.93. The van der Waals surface area contributed by atoms with Gasteiger partial charge in [0.1, 0.15) is 6.10 Å². The van der Waals surface area contributed by atoms with Crippen molar-refractivity contribution in [1.29, 1.82) is 0 Å². The molecular weight excluding hydrogens is 236 g/mol. The van der Waals surface area contributed by atoms with Crippen LogP contribution in [0.15, 0.2) is 12.1 Å².